The van der Waals surface area contributed by atoms with Crippen molar-refractivity contribution >= 4 is 18.0 Å². The number of nitrogens with zero attached hydrogens (tertiary/aromatic N) is 1. The number of pyridine rings is 1. The largest absolute Gasteiger partial charge is 0.480 e. The Bertz CT molecular complexity index is 977. The minimum atomic E-state index is -1.18. The highest BCUT2D eigenvalue weighted by atomic mass is 16.6. The van der Waals surface area contributed by atoms with Crippen LogP contribution in [0.15, 0.2) is 48.7 Å². The van der Waals surface area contributed by atoms with E-state index in [2.05, 4.69) is 15.6 Å². The molecule has 0 spiro atoms. The average molecular weight is 454 g/mol. The van der Waals surface area contributed by atoms with Crippen LogP contribution < -0.4 is 10.6 Å². The van der Waals surface area contributed by atoms with Crippen LogP contribution in [-0.4, -0.2) is 45.2 Å². The summed E-state index contributed by atoms with van der Waals surface area (Å²) in [7, 11) is 0. The maximum atomic E-state index is 13.2. The second kappa shape index (κ2) is 10.0. The lowest BCUT2D eigenvalue weighted by molar-refractivity contribution is -0.142. The van der Waals surface area contributed by atoms with Gasteiger partial charge in [0, 0.05) is 18.2 Å². The number of aromatic nitrogens is 1. The van der Waals surface area contributed by atoms with E-state index in [1.54, 1.807) is 27.0 Å². The molecule has 1 unspecified atom stereocenters. The Hall–Kier alpha value is -3.42. The van der Waals surface area contributed by atoms with Crippen LogP contribution in [0.3, 0.4) is 0 Å². The third-order valence-corrected chi connectivity index (χ3v) is 5.57. The fraction of sp³-hybridized carbons (Fsp3) is 0.440. The molecule has 1 atom stereocenters. The number of hydrogen-bond donors (Lipinski definition) is 3. The number of carbonyl (C=O) groups excluding carboxylic acids is 2. The molecule has 1 saturated carbocycles. The van der Waals surface area contributed by atoms with Gasteiger partial charge in [0.1, 0.15) is 17.2 Å². The highest BCUT2D eigenvalue weighted by molar-refractivity contribution is 5.93. The van der Waals surface area contributed by atoms with E-state index in [9.17, 15) is 19.5 Å². The number of benzene rings is 1. The number of ether oxygens (including phenoxy) is 1. The zero-order valence-corrected chi connectivity index (χ0v) is 19.3. The molecule has 1 aliphatic carbocycles. The van der Waals surface area contributed by atoms with Crippen LogP contribution in [0.5, 0.6) is 0 Å². The summed E-state index contributed by atoms with van der Waals surface area (Å²) in [6.07, 6.45) is 3.38. The zero-order valence-electron chi connectivity index (χ0n) is 19.3. The number of aliphatic carboxylic acids is 1. The molecule has 8 nitrogen and oxygen atoms in total. The lowest BCUT2D eigenvalue weighted by Gasteiger charge is -2.31. The SMILES string of the molecule is CC(C)(C)OC(=O)NC1(C(=O)NC(Cc2ccc(-c3ccccc3)nc2)C(=O)O)CCCC1. The maximum absolute atomic E-state index is 13.2. The first kappa shape index (κ1) is 24.2. The van der Waals surface area contributed by atoms with Crippen molar-refractivity contribution in [1.82, 2.24) is 15.6 Å². The van der Waals surface area contributed by atoms with E-state index in [1.807, 2.05) is 42.5 Å². The van der Waals surface area contributed by atoms with Crippen LogP contribution in [0.25, 0.3) is 11.3 Å². The van der Waals surface area contributed by atoms with Gasteiger partial charge in [-0.05, 0) is 45.2 Å². The van der Waals surface area contributed by atoms with E-state index in [4.69, 9.17) is 4.74 Å². The Kier molecular flexibility index (Phi) is 7.36. The van der Waals surface area contributed by atoms with Crippen LogP contribution >= 0.6 is 0 Å². The predicted molar refractivity (Wildman–Crippen MR) is 124 cm³/mol. The minimum absolute atomic E-state index is 0.0751. The molecule has 1 fully saturated rings. The van der Waals surface area contributed by atoms with Crippen molar-refractivity contribution in [3.05, 3.63) is 54.2 Å². The summed E-state index contributed by atoms with van der Waals surface area (Å²) in [4.78, 5) is 41.8. The number of amides is 2. The van der Waals surface area contributed by atoms with Crippen molar-refractivity contribution in [1.29, 1.82) is 0 Å². The van der Waals surface area contributed by atoms with Crippen molar-refractivity contribution in [2.24, 2.45) is 0 Å². The third-order valence-electron chi connectivity index (χ3n) is 5.57. The summed E-state index contributed by atoms with van der Waals surface area (Å²) in [6.45, 7) is 5.22. The zero-order chi connectivity index (χ0) is 24.1. The van der Waals surface area contributed by atoms with Crippen LogP contribution in [0.2, 0.25) is 0 Å². The molecule has 0 radical (unpaired) electrons. The van der Waals surface area contributed by atoms with Gasteiger partial charge >= 0.3 is 12.1 Å². The van der Waals surface area contributed by atoms with Crippen LogP contribution in [-0.2, 0) is 20.7 Å². The summed E-state index contributed by atoms with van der Waals surface area (Å²) in [5.41, 5.74) is 0.544. The van der Waals surface area contributed by atoms with Gasteiger partial charge in [0.25, 0.3) is 0 Å². The molecule has 3 N–H and O–H groups in total. The second-order valence-corrected chi connectivity index (χ2v) is 9.40. The fourth-order valence-corrected chi connectivity index (χ4v) is 3.94. The van der Waals surface area contributed by atoms with Crippen molar-refractivity contribution < 1.29 is 24.2 Å². The Labute approximate surface area is 193 Å². The molecular formula is C25H31N3O5. The lowest BCUT2D eigenvalue weighted by atomic mass is 9.95. The molecule has 33 heavy (non-hydrogen) atoms. The molecule has 0 saturated heterocycles. The third kappa shape index (κ3) is 6.54. The summed E-state index contributed by atoms with van der Waals surface area (Å²) in [5.74, 6) is -1.66. The Balaban J connectivity index is 1.69. The van der Waals surface area contributed by atoms with Gasteiger partial charge in [-0.15, -0.1) is 0 Å². The number of hydrogen-bond acceptors (Lipinski definition) is 5. The first-order valence-electron chi connectivity index (χ1n) is 11.1. The maximum Gasteiger partial charge on any atom is 0.408 e. The number of alkyl carbamates (subject to hydrolysis) is 1. The summed E-state index contributed by atoms with van der Waals surface area (Å²) >= 11 is 0. The molecule has 176 valence electrons. The van der Waals surface area contributed by atoms with Gasteiger partial charge in [0.05, 0.1) is 5.69 Å². The molecule has 0 aliphatic heterocycles. The van der Waals surface area contributed by atoms with E-state index in [0.717, 1.165) is 24.1 Å². The normalized spacial score (nSPS) is 16.0. The monoisotopic (exact) mass is 453 g/mol. The molecule has 3 rings (SSSR count). The quantitative estimate of drug-likeness (QED) is 0.588. The average Bonchev–Trinajstić information content (AvgIpc) is 3.22. The summed E-state index contributed by atoms with van der Waals surface area (Å²) in [5, 5.41) is 15.1. The number of rotatable bonds is 7. The molecule has 0 bridgehead atoms. The molecule has 2 amide bonds. The van der Waals surface area contributed by atoms with E-state index in [1.165, 1.54) is 0 Å². The molecule has 1 aliphatic rings. The van der Waals surface area contributed by atoms with Gasteiger partial charge in [-0.2, -0.15) is 0 Å². The van der Waals surface area contributed by atoms with Crippen LogP contribution in [0.1, 0.15) is 52.0 Å². The predicted octanol–water partition coefficient (Wildman–Crippen LogP) is 3.70. The number of carboxylic acid groups (broad SMARTS) is 1. The molecule has 1 aromatic carbocycles. The second-order valence-electron chi connectivity index (χ2n) is 9.40. The van der Waals surface area contributed by atoms with Gasteiger partial charge in [0.2, 0.25) is 5.91 Å². The highest BCUT2D eigenvalue weighted by Crippen LogP contribution is 2.30. The first-order chi connectivity index (χ1) is 15.6. The Morgan fingerprint density at radius 3 is 2.30 bits per heavy atom. The van der Waals surface area contributed by atoms with Gasteiger partial charge < -0.3 is 20.5 Å². The van der Waals surface area contributed by atoms with E-state index in [0.29, 0.717) is 18.4 Å². The molecule has 1 heterocycles. The molecule has 2 aromatic rings. The number of carbonyl (C=O) groups is 3. The van der Waals surface area contributed by atoms with E-state index >= 15 is 0 Å². The van der Waals surface area contributed by atoms with Gasteiger partial charge in [-0.3, -0.25) is 9.78 Å². The van der Waals surface area contributed by atoms with Crippen LogP contribution in [0.4, 0.5) is 4.79 Å². The van der Waals surface area contributed by atoms with Gasteiger partial charge in [0.15, 0.2) is 0 Å². The highest BCUT2D eigenvalue weighted by Gasteiger charge is 2.44. The van der Waals surface area contributed by atoms with Crippen molar-refractivity contribution in [2.75, 3.05) is 0 Å². The summed E-state index contributed by atoms with van der Waals surface area (Å²) in [6, 6.07) is 12.1. The van der Waals surface area contributed by atoms with Crippen molar-refractivity contribution in [3.8, 4) is 11.3 Å². The Morgan fingerprint density at radius 2 is 1.76 bits per heavy atom. The van der Waals surface area contributed by atoms with Crippen molar-refractivity contribution in [3.63, 3.8) is 0 Å². The Morgan fingerprint density at radius 1 is 1.09 bits per heavy atom. The van der Waals surface area contributed by atoms with Gasteiger partial charge in [-0.25, -0.2) is 9.59 Å². The molecule has 1 aromatic heterocycles. The minimum Gasteiger partial charge on any atom is -0.480 e. The van der Waals surface area contributed by atoms with Gasteiger partial charge in [-0.1, -0.05) is 49.2 Å². The summed E-state index contributed by atoms with van der Waals surface area (Å²) < 4.78 is 5.32. The molecule has 8 heteroatoms. The van der Waals surface area contributed by atoms with E-state index in [-0.39, 0.29) is 6.42 Å². The standard InChI is InChI=1S/C25H31N3O5/c1-24(2,3)33-23(32)28-25(13-7-8-14-25)22(31)27-20(21(29)30)15-17-11-12-19(26-16-17)18-9-5-4-6-10-18/h4-6,9-12,16,20H,7-8,13-15H2,1-3H3,(H,27,31)(H,28,32)(H,29,30). The van der Waals surface area contributed by atoms with Crippen molar-refractivity contribution in [2.45, 2.75) is 70.1 Å². The van der Waals surface area contributed by atoms with Crippen LogP contribution in [0, 0.1) is 0 Å². The topological polar surface area (TPSA) is 118 Å². The fourth-order valence-electron chi connectivity index (χ4n) is 3.94. The molecular weight excluding hydrogens is 422 g/mol. The first-order valence-corrected chi connectivity index (χ1v) is 11.1. The van der Waals surface area contributed by atoms with E-state index < -0.39 is 35.2 Å². The number of carboxylic acids is 1. The smallest absolute Gasteiger partial charge is 0.408 e. The number of nitrogens with one attached hydrogen (secondary N) is 2. The lowest BCUT2D eigenvalue weighted by Crippen LogP contribution is -2.60.